The molecule has 0 radical (unpaired) electrons. The lowest BCUT2D eigenvalue weighted by Crippen LogP contribution is -2.25. The smallest absolute Gasteiger partial charge is 0.0200 e. The fraction of sp³-hybridized carbons (Fsp3) is 0.714. The molecular weight excluding hydrogens is 252 g/mol. The van der Waals surface area contributed by atoms with E-state index in [1.54, 1.807) is 0 Å². The first-order chi connectivity index (χ1) is 10.2. The average molecular weight is 289 g/mol. The van der Waals surface area contributed by atoms with Gasteiger partial charge in [-0.3, -0.25) is 0 Å². The van der Waals surface area contributed by atoms with Crippen molar-refractivity contribution in [3.63, 3.8) is 0 Å². The van der Waals surface area contributed by atoms with Gasteiger partial charge in [0.1, 0.15) is 0 Å². The summed E-state index contributed by atoms with van der Waals surface area (Å²) in [5.41, 5.74) is 3.63. The molecule has 1 rings (SSSR count). The Hall–Kier alpha value is -0.780. The van der Waals surface area contributed by atoms with Crippen LogP contribution >= 0.6 is 0 Å². The molecule has 1 aliphatic rings. The summed E-state index contributed by atoms with van der Waals surface area (Å²) in [5.74, 6) is 1.76. The molecule has 1 saturated carbocycles. The first-order valence-electron chi connectivity index (χ1n) is 9.13. The zero-order valence-corrected chi connectivity index (χ0v) is 14.5. The normalized spacial score (nSPS) is 23.5. The van der Waals surface area contributed by atoms with Crippen LogP contribution in [-0.2, 0) is 0 Å². The van der Waals surface area contributed by atoms with Crippen LogP contribution in [0.2, 0.25) is 0 Å². The van der Waals surface area contributed by atoms with Gasteiger partial charge in [0.2, 0.25) is 0 Å². The van der Waals surface area contributed by atoms with Crippen LogP contribution in [0.1, 0.15) is 84.5 Å². The van der Waals surface area contributed by atoms with Gasteiger partial charge in [-0.15, -0.1) is 13.2 Å². The molecule has 0 aromatic rings. The molecule has 0 heterocycles. The Morgan fingerprint density at radius 1 is 0.905 bits per heavy atom. The van der Waals surface area contributed by atoms with Crippen molar-refractivity contribution in [3.8, 4) is 0 Å². The molecule has 0 aromatic carbocycles. The van der Waals surface area contributed by atoms with Crippen molar-refractivity contribution in [2.45, 2.75) is 84.5 Å². The maximum atomic E-state index is 3.83. The van der Waals surface area contributed by atoms with Gasteiger partial charge in [0.05, 0.1) is 0 Å². The molecule has 0 bridgehead atoms. The molecule has 0 amide bonds. The average Bonchev–Trinajstić information content (AvgIpc) is 2.50. The minimum atomic E-state index is 0.847. The van der Waals surface area contributed by atoms with Gasteiger partial charge in [-0.2, -0.15) is 0 Å². The Morgan fingerprint density at radius 3 is 1.95 bits per heavy atom. The minimum Gasteiger partial charge on any atom is -0.103 e. The summed E-state index contributed by atoms with van der Waals surface area (Å²) < 4.78 is 0. The van der Waals surface area contributed by atoms with Gasteiger partial charge in [0.15, 0.2) is 0 Å². The molecule has 0 nitrogen and oxygen atoms in total. The quantitative estimate of drug-likeness (QED) is 0.262. The van der Waals surface area contributed by atoms with Crippen LogP contribution in [0, 0.1) is 11.8 Å². The van der Waals surface area contributed by atoms with E-state index in [1.165, 1.54) is 70.6 Å². The Bertz CT molecular complexity index is 334. The van der Waals surface area contributed by atoms with E-state index in [4.69, 9.17) is 0 Å². The predicted molar refractivity (Wildman–Crippen MR) is 96.5 cm³/mol. The second kappa shape index (κ2) is 10.9. The molecule has 1 aliphatic carbocycles. The van der Waals surface area contributed by atoms with Gasteiger partial charge in [0.25, 0.3) is 0 Å². The van der Waals surface area contributed by atoms with E-state index in [2.05, 4.69) is 33.1 Å². The van der Waals surface area contributed by atoms with Gasteiger partial charge in [0, 0.05) is 0 Å². The maximum absolute atomic E-state index is 3.83. The molecule has 0 heteroatoms. The van der Waals surface area contributed by atoms with Crippen LogP contribution in [-0.4, -0.2) is 0 Å². The number of unbranched alkanes of at least 4 members (excludes halogenated alkanes) is 6. The monoisotopic (exact) mass is 288 g/mol. The lowest BCUT2D eigenvalue weighted by Gasteiger charge is -2.37. The molecule has 2 unspecified atom stereocenters. The number of hydrogen-bond acceptors (Lipinski definition) is 0. The third-order valence-electron chi connectivity index (χ3n) is 5.17. The van der Waals surface area contributed by atoms with E-state index in [-0.39, 0.29) is 0 Å². The number of allylic oxidation sites excluding steroid dienone is 4. The van der Waals surface area contributed by atoms with Crippen LogP contribution in [0.3, 0.4) is 0 Å². The summed E-state index contributed by atoms with van der Waals surface area (Å²) in [7, 11) is 0. The van der Waals surface area contributed by atoms with Crippen molar-refractivity contribution in [2.24, 2.45) is 11.8 Å². The van der Waals surface area contributed by atoms with Crippen LogP contribution in [0.5, 0.6) is 0 Å². The Morgan fingerprint density at radius 2 is 1.43 bits per heavy atom. The van der Waals surface area contributed by atoms with Crippen molar-refractivity contribution < 1.29 is 0 Å². The second-order valence-corrected chi connectivity index (χ2v) is 6.87. The molecular formula is C21H36. The highest BCUT2D eigenvalue weighted by atomic mass is 14.3. The van der Waals surface area contributed by atoms with E-state index < -0.39 is 0 Å². The topological polar surface area (TPSA) is 0 Å². The van der Waals surface area contributed by atoms with Crippen molar-refractivity contribution in [2.75, 3.05) is 0 Å². The molecule has 0 aliphatic heterocycles. The lowest BCUT2D eigenvalue weighted by molar-refractivity contribution is 0.318. The van der Waals surface area contributed by atoms with Crippen LogP contribution < -0.4 is 0 Å². The van der Waals surface area contributed by atoms with Gasteiger partial charge in [-0.1, -0.05) is 50.0 Å². The fourth-order valence-corrected chi connectivity index (χ4v) is 3.41. The molecule has 0 aromatic heterocycles. The second-order valence-electron chi connectivity index (χ2n) is 6.87. The first-order valence-corrected chi connectivity index (χ1v) is 9.13. The highest BCUT2D eigenvalue weighted by Crippen LogP contribution is 2.43. The van der Waals surface area contributed by atoms with Crippen LogP contribution in [0.25, 0.3) is 0 Å². The molecule has 120 valence electrons. The Balaban J connectivity index is 2.34. The van der Waals surface area contributed by atoms with Gasteiger partial charge in [-0.05, 0) is 69.6 Å². The zero-order chi connectivity index (χ0) is 15.5. The van der Waals surface area contributed by atoms with Crippen molar-refractivity contribution in [3.05, 3.63) is 36.5 Å². The summed E-state index contributed by atoms with van der Waals surface area (Å²) >= 11 is 0. The number of rotatable bonds is 12. The molecule has 0 saturated heterocycles. The van der Waals surface area contributed by atoms with E-state index in [0.29, 0.717) is 0 Å². The van der Waals surface area contributed by atoms with E-state index >= 15 is 0 Å². The minimum absolute atomic E-state index is 0.847. The van der Waals surface area contributed by atoms with Gasteiger partial charge >= 0.3 is 0 Å². The number of hydrogen-bond donors (Lipinski definition) is 0. The summed E-state index contributed by atoms with van der Waals surface area (Å²) in [6.45, 7) is 12.5. The molecule has 0 N–H and O–H groups in total. The standard InChI is InChI=1S/C21H36/c1-5-7-9-11-12-14-16-20(15-13-10-8-6-2)21-17-18(3)19(21)4/h5-6,18-19H,1-2,7-17H2,3-4H3. The summed E-state index contributed by atoms with van der Waals surface area (Å²) in [4.78, 5) is 0. The van der Waals surface area contributed by atoms with Crippen LogP contribution in [0.4, 0.5) is 0 Å². The molecule has 0 spiro atoms. The molecule has 2 atom stereocenters. The van der Waals surface area contributed by atoms with Gasteiger partial charge in [-0.25, -0.2) is 0 Å². The van der Waals surface area contributed by atoms with Crippen molar-refractivity contribution in [1.29, 1.82) is 0 Å². The van der Waals surface area contributed by atoms with E-state index in [9.17, 15) is 0 Å². The molecule has 1 fully saturated rings. The largest absolute Gasteiger partial charge is 0.103 e. The summed E-state index contributed by atoms with van der Waals surface area (Å²) in [6.07, 6.45) is 18.7. The van der Waals surface area contributed by atoms with E-state index in [0.717, 1.165) is 11.8 Å². The zero-order valence-electron chi connectivity index (χ0n) is 14.5. The summed E-state index contributed by atoms with van der Waals surface area (Å²) in [6, 6.07) is 0. The predicted octanol–water partition coefficient (Wildman–Crippen LogP) is 7.23. The van der Waals surface area contributed by atoms with Gasteiger partial charge < -0.3 is 0 Å². The SMILES string of the molecule is C=CCCCCCCC(CCCCC=C)=C1CC(C)C1C. The highest BCUT2D eigenvalue weighted by Gasteiger charge is 2.30. The Kier molecular flexibility index (Phi) is 9.46. The lowest BCUT2D eigenvalue weighted by atomic mass is 9.68. The third-order valence-corrected chi connectivity index (χ3v) is 5.17. The third kappa shape index (κ3) is 6.68. The Labute approximate surface area is 133 Å². The fourth-order valence-electron chi connectivity index (χ4n) is 3.41. The van der Waals surface area contributed by atoms with Crippen molar-refractivity contribution >= 4 is 0 Å². The van der Waals surface area contributed by atoms with Crippen molar-refractivity contribution in [1.82, 2.24) is 0 Å². The highest BCUT2D eigenvalue weighted by molar-refractivity contribution is 5.24. The first kappa shape index (κ1) is 18.3. The van der Waals surface area contributed by atoms with E-state index in [1.807, 2.05) is 17.2 Å². The maximum Gasteiger partial charge on any atom is -0.0200 e. The molecule has 21 heavy (non-hydrogen) atoms. The van der Waals surface area contributed by atoms with Crippen LogP contribution in [0.15, 0.2) is 36.5 Å². The summed E-state index contributed by atoms with van der Waals surface area (Å²) in [5, 5.41) is 0.